The lowest BCUT2D eigenvalue weighted by molar-refractivity contribution is -0.114. The number of rotatable bonds is 6. The largest absolute Gasteiger partial charge is 0.340 e. The zero-order chi connectivity index (χ0) is 19.2. The fraction of sp³-hybridized carbons (Fsp3) is 0.190. The molecule has 0 atom stereocenters. The van der Waals surface area contributed by atoms with Gasteiger partial charge in [-0.15, -0.1) is 0 Å². The summed E-state index contributed by atoms with van der Waals surface area (Å²) in [4.78, 5) is 22.1. The standard InChI is InChI=1S/C21H23N5O/c1-4-26(19-10-5-7-15(2)11-19)21-13-20(22-14-23-21)25-18-9-6-8-17(12-18)24-16(3)27/h5-14H,4H2,1-3H3,(H,24,27)(H,22,23,25). The highest BCUT2D eigenvalue weighted by molar-refractivity contribution is 5.89. The third-order valence-corrected chi connectivity index (χ3v) is 4.01. The zero-order valence-corrected chi connectivity index (χ0v) is 15.7. The summed E-state index contributed by atoms with van der Waals surface area (Å²) in [5.74, 6) is 1.40. The Kier molecular flexibility index (Phi) is 5.66. The van der Waals surface area contributed by atoms with Gasteiger partial charge in [-0.05, 0) is 49.7 Å². The second-order valence-electron chi connectivity index (χ2n) is 6.23. The van der Waals surface area contributed by atoms with Crippen molar-refractivity contribution in [1.29, 1.82) is 0 Å². The van der Waals surface area contributed by atoms with E-state index in [4.69, 9.17) is 0 Å². The van der Waals surface area contributed by atoms with Gasteiger partial charge in [0.2, 0.25) is 5.91 Å². The van der Waals surface area contributed by atoms with Gasteiger partial charge in [0.1, 0.15) is 18.0 Å². The fourth-order valence-corrected chi connectivity index (χ4v) is 2.86. The molecule has 0 saturated carbocycles. The predicted octanol–water partition coefficient (Wildman–Crippen LogP) is 4.65. The number of carbonyl (C=O) groups is 1. The Balaban J connectivity index is 1.84. The highest BCUT2D eigenvalue weighted by Crippen LogP contribution is 2.26. The first kappa shape index (κ1) is 18.4. The van der Waals surface area contributed by atoms with Gasteiger partial charge >= 0.3 is 0 Å². The van der Waals surface area contributed by atoms with Crippen LogP contribution in [0.4, 0.5) is 28.7 Å². The number of carbonyl (C=O) groups excluding carboxylic acids is 1. The SMILES string of the molecule is CCN(c1cccc(C)c1)c1cc(Nc2cccc(NC(C)=O)c2)ncn1. The van der Waals surface area contributed by atoms with Crippen LogP contribution in [0.2, 0.25) is 0 Å². The lowest BCUT2D eigenvalue weighted by atomic mass is 10.2. The van der Waals surface area contributed by atoms with Gasteiger partial charge in [0.05, 0.1) is 0 Å². The topological polar surface area (TPSA) is 70.2 Å². The maximum atomic E-state index is 11.2. The zero-order valence-electron chi connectivity index (χ0n) is 15.7. The number of aromatic nitrogens is 2. The molecule has 0 saturated heterocycles. The van der Waals surface area contributed by atoms with E-state index >= 15 is 0 Å². The molecular formula is C21H23N5O. The van der Waals surface area contributed by atoms with Crippen molar-refractivity contribution in [2.75, 3.05) is 22.1 Å². The van der Waals surface area contributed by atoms with Gasteiger partial charge < -0.3 is 15.5 Å². The minimum Gasteiger partial charge on any atom is -0.340 e. The maximum absolute atomic E-state index is 11.2. The maximum Gasteiger partial charge on any atom is 0.221 e. The molecule has 0 bridgehead atoms. The van der Waals surface area contributed by atoms with Crippen LogP contribution >= 0.6 is 0 Å². The van der Waals surface area contributed by atoms with E-state index in [1.54, 1.807) is 6.33 Å². The molecule has 0 radical (unpaired) electrons. The van der Waals surface area contributed by atoms with Gasteiger partial charge in [-0.3, -0.25) is 4.79 Å². The lowest BCUT2D eigenvalue weighted by Gasteiger charge is -2.22. The highest BCUT2D eigenvalue weighted by Gasteiger charge is 2.10. The number of hydrogen-bond acceptors (Lipinski definition) is 5. The number of hydrogen-bond donors (Lipinski definition) is 2. The molecule has 0 spiro atoms. The van der Waals surface area contributed by atoms with E-state index in [-0.39, 0.29) is 5.91 Å². The molecule has 3 rings (SSSR count). The molecule has 0 unspecified atom stereocenters. The first-order valence-electron chi connectivity index (χ1n) is 8.86. The Morgan fingerprint density at radius 3 is 2.56 bits per heavy atom. The van der Waals surface area contributed by atoms with E-state index in [1.807, 2.05) is 36.4 Å². The summed E-state index contributed by atoms with van der Waals surface area (Å²) >= 11 is 0. The Hall–Kier alpha value is -3.41. The van der Waals surface area contributed by atoms with E-state index in [1.165, 1.54) is 12.5 Å². The molecular weight excluding hydrogens is 338 g/mol. The van der Waals surface area contributed by atoms with Gasteiger partial charge in [0, 0.05) is 36.6 Å². The van der Waals surface area contributed by atoms with E-state index in [0.29, 0.717) is 5.82 Å². The van der Waals surface area contributed by atoms with Crippen molar-refractivity contribution < 1.29 is 4.79 Å². The van der Waals surface area contributed by atoms with Gasteiger partial charge in [-0.1, -0.05) is 18.2 Å². The summed E-state index contributed by atoms with van der Waals surface area (Å²) in [6.07, 6.45) is 1.55. The monoisotopic (exact) mass is 361 g/mol. The van der Waals surface area contributed by atoms with Gasteiger partial charge in [0.25, 0.3) is 0 Å². The van der Waals surface area contributed by atoms with Crippen molar-refractivity contribution in [3.8, 4) is 0 Å². The van der Waals surface area contributed by atoms with Crippen LogP contribution in [0, 0.1) is 6.92 Å². The van der Waals surface area contributed by atoms with Crippen LogP contribution in [0.5, 0.6) is 0 Å². The van der Waals surface area contributed by atoms with Crippen LogP contribution in [0.15, 0.2) is 60.9 Å². The van der Waals surface area contributed by atoms with Crippen molar-refractivity contribution in [2.24, 2.45) is 0 Å². The first-order chi connectivity index (χ1) is 13.0. The average Bonchev–Trinajstić information content (AvgIpc) is 2.62. The van der Waals surface area contributed by atoms with Crippen LogP contribution in [-0.4, -0.2) is 22.4 Å². The number of nitrogens with one attached hydrogen (secondary N) is 2. The molecule has 27 heavy (non-hydrogen) atoms. The second-order valence-corrected chi connectivity index (χ2v) is 6.23. The van der Waals surface area contributed by atoms with Crippen molar-refractivity contribution in [2.45, 2.75) is 20.8 Å². The quantitative estimate of drug-likeness (QED) is 0.669. The van der Waals surface area contributed by atoms with E-state index in [0.717, 1.165) is 29.4 Å². The number of anilines is 5. The predicted molar refractivity (Wildman–Crippen MR) is 110 cm³/mol. The Morgan fingerprint density at radius 1 is 1.04 bits per heavy atom. The molecule has 138 valence electrons. The molecule has 0 aliphatic carbocycles. The molecule has 0 aliphatic heterocycles. The molecule has 2 N–H and O–H groups in total. The molecule has 6 heteroatoms. The summed E-state index contributed by atoms with van der Waals surface area (Å²) in [6.45, 7) is 6.44. The molecule has 6 nitrogen and oxygen atoms in total. The number of nitrogens with zero attached hydrogens (tertiary/aromatic N) is 3. The second kappa shape index (κ2) is 8.31. The minimum atomic E-state index is -0.104. The summed E-state index contributed by atoms with van der Waals surface area (Å²) in [5, 5.41) is 6.05. The fourth-order valence-electron chi connectivity index (χ4n) is 2.86. The van der Waals surface area contributed by atoms with Crippen LogP contribution in [-0.2, 0) is 4.79 Å². The van der Waals surface area contributed by atoms with Crippen molar-refractivity contribution in [1.82, 2.24) is 9.97 Å². The molecule has 1 heterocycles. The first-order valence-corrected chi connectivity index (χ1v) is 8.86. The normalized spacial score (nSPS) is 10.3. The van der Waals surface area contributed by atoms with Crippen LogP contribution < -0.4 is 15.5 Å². The van der Waals surface area contributed by atoms with Crippen molar-refractivity contribution in [3.05, 3.63) is 66.5 Å². The molecule has 1 amide bonds. The Labute approximate surface area is 159 Å². The average molecular weight is 361 g/mol. The summed E-state index contributed by atoms with van der Waals surface area (Å²) in [5.41, 5.74) is 3.86. The third kappa shape index (κ3) is 4.82. The van der Waals surface area contributed by atoms with Crippen molar-refractivity contribution >= 4 is 34.6 Å². The van der Waals surface area contributed by atoms with E-state index in [2.05, 4.69) is 57.5 Å². The Bertz CT molecular complexity index is 941. The highest BCUT2D eigenvalue weighted by atomic mass is 16.1. The van der Waals surface area contributed by atoms with Gasteiger partial charge in [0.15, 0.2) is 0 Å². The van der Waals surface area contributed by atoms with E-state index < -0.39 is 0 Å². The molecule has 1 aromatic heterocycles. The molecule has 0 fully saturated rings. The third-order valence-electron chi connectivity index (χ3n) is 4.01. The number of aryl methyl sites for hydroxylation is 1. The van der Waals surface area contributed by atoms with Crippen molar-refractivity contribution in [3.63, 3.8) is 0 Å². The summed E-state index contributed by atoms with van der Waals surface area (Å²) in [7, 11) is 0. The Morgan fingerprint density at radius 2 is 1.81 bits per heavy atom. The molecule has 3 aromatic rings. The van der Waals surface area contributed by atoms with E-state index in [9.17, 15) is 4.79 Å². The van der Waals surface area contributed by atoms with Crippen LogP contribution in [0.25, 0.3) is 0 Å². The molecule has 0 aliphatic rings. The number of amides is 1. The summed E-state index contributed by atoms with van der Waals surface area (Å²) in [6, 6.07) is 17.7. The molecule has 2 aromatic carbocycles. The minimum absolute atomic E-state index is 0.104. The van der Waals surface area contributed by atoms with Crippen LogP contribution in [0.3, 0.4) is 0 Å². The number of benzene rings is 2. The smallest absolute Gasteiger partial charge is 0.221 e. The van der Waals surface area contributed by atoms with Gasteiger partial charge in [-0.25, -0.2) is 9.97 Å². The summed E-state index contributed by atoms with van der Waals surface area (Å²) < 4.78 is 0. The van der Waals surface area contributed by atoms with Gasteiger partial charge in [-0.2, -0.15) is 0 Å². The lowest BCUT2D eigenvalue weighted by Crippen LogP contribution is -2.17. The van der Waals surface area contributed by atoms with Crippen LogP contribution in [0.1, 0.15) is 19.4 Å².